The summed E-state index contributed by atoms with van der Waals surface area (Å²) in [7, 11) is 0. The molecule has 0 radical (unpaired) electrons. The highest BCUT2D eigenvalue weighted by Crippen LogP contribution is 2.35. The minimum absolute atomic E-state index is 0.0223. The minimum atomic E-state index is -0.542. The second-order valence-electron chi connectivity index (χ2n) is 9.83. The molecule has 1 saturated carbocycles. The summed E-state index contributed by atoms with van der Waals surface area (Å²) in [6.07, 6.45) is 7.41. The van der Waals surface area contributed by atoms with Crippen molar-refractivity contribution in [3.63, 3.8) is 0 Å². The molecule has 1 fully saturated rings. The highest BCUT2D eigenvalue weighted by molar-refractivity contribution is 6.04. The van der Waals surface area contributed by atoms with Gasteiger partial charge in [-0.1, -0.05) is 12.8 Å². The zero-order valence-electron chi connectivity index (χ0n) is 19.7. The summed E-state index contributed by atoms with van der Waals surface area (Å²) in [6.45, 7) is 8.31. The Kier molecular flexibility index (Phi) is 6.41. The van der Waals surface area contributed by atoms with Gasteiger partial charge < -0.3 is 15.4 Å². The molecule has 0 unspecified atom stereocenters. The third-order valence-corrected chi connectivity index (χ3v) is 6.20. The number of carbonyl (C=O) groups is 2. The molecule has 3 heterocycles. The van der Waals surface area contributed by atoms with Crippen molar-refractivity contribution < 1.29 is 18.7 Å². The lowest BCUT2D eigenvalue weighted by atomic mass is 9.82. The van der Waals surface area contributed by atoms with E-state index >= 15 is 4.39 Å². The molecule has 33 heavy (non-hydrogen) atoms. The van der Waals surface area contributed by atoms with Crippen LogP contribution in [0.25, 0.3) is 11.3 Å². The molecule has 2 aromatic heterocycles. The molecule has 9 heteroatoms. The van der Waals surface area contributed by atoms with Crippen molar-refractivity contribution in [3.8, 4) is 11.3 Å². The average molecular weight is 458 g/mol. The van der Waals surface area contributed by atoms with Crippen LogP contribution < -0.4 is 10.6 Å². The lowest BCUT2D eigenvalue weighted by molar-refractivity contribution is -0.156. The lowest BCUT2D eigenvalue weighted by Crippen LogP contribution is -2.36. The standard InChI is InChI=1S/C24H32FN5O3/c1-5-30-13-15(11-27-30)21-19-16(12-26-23(19)32)20(25)22(29-21)28-17-9-7-6-8-14(17)10-18(31)33-24(2,3)4/h11,13-14,17H,5-10,12H2,1-4H3,(H,26,32)(H,28,29)/t14-,17-/m1/s1. The summed E-state index contributed by atoms with van der Waals surface area (Å²) >= 11 is 0. The van der Waals surface area contributed by atoms with E-state index in [0.717, 1.165) is 25.7 Å². The van der Waals surface area contributed by atoms with Gasteiger partial charge in [-0.3, -0.25) is 14.3 Å². The Hall–Kier alpha value is -2.97. The number of anilines is 1. The average Bonchev–Trinajstić information content (AvgIpc) is 3.37. The third-order valence-electron chi connectivity index (χ3n) is 6.20. The molecule has 0 bridgehead atoms. The van der Waals surface area contributed by atoms with Crippen LogP contribution >= 0.6 is 0 Å². The molecule has 2 N–H and O–H groups in total. The van der Waals surface area contributed by atoms with Crippen LogP contribution in [0, 0.1) is 11.7 Å². The van der Waals surface area contributed by atoms with E-state index < -0.39 is 11.4 Å². The molecular formula is C24H32FN5O3. The van der Waals surface area contributed by atoms with Crippen molar-refractivity contribution in [2.75, 3.05) is 5.32 Å². The first-order valence-corrected chi connectivity index (χ1v) is 11.7. The van der Waals surface area contributed by atoms with Gasteiger partial charge in [0.25, 0.3) is 5.91 Å². The van der Waals surface area contributed by atoms with E-state index in [1.54, 1.807) is 10.9 Å². The number of halogens is 1. The van der Waals surface area contributed by atoms with E-state index in [4.69, 9.17) is 4.74 Å². The number of fused-ring (bicyclic) bond motifs is 1. The Balaban J connectivity index is 1.63. The van der Waals surface area contributed by atoms with Crippen LogP contribution in [0.3, 0.4) is 0 Å². The van der Waals surface area contributed by atoms with Gasteiger partial charge in [0, 0.05) is 36.5 Å². The van der Waals surface area contributed by atoms with E-state index in [2.05, 4.69) is 20.7 Å². The number of nitrogens with one attached hydrogen (secondary N) is 2. The normalized spacial score (nSPS) is 20.3. The van der Waals surface area contributed by atoms with Gasteiger partial charge in [0.05, 0.1) is 23.9 Å². The van der Waals surface area contributed by atoms with E-state index in [1.165, 1.54) is 0 Å². The first-order valence-electron chi connectivity index (χ1n) is 11.7. The summed E-state index contributed by atoms with van der Waals surface area (Å²) in [4.78, 5) is 29.5. The first-order chi connectivity index (χ1) is 15.7. The van der Waals surface area contributed by atoms with Crippen LogP contribution in [0.15, 0.2) is 12.4 Å². The fraction of sp³-hybridized carbons (Fsp3) is 0.583. The predicted octanol–water partition coefficient (Wildman–Crippen LogP) is 4.05. The van der Waals surface area contributed by atoms with Crippen molar-refractivity contribution in [2.24, 2.45) is 5.92 Å². The predicted molar refractivity (Wildman–Crippen MR) is 122 cm³/mol. The zero-order chi connectivity index (χ0) is 23.8. The topological polar surface area (TPSA) is 98.1 Å². The Labute approximate surface area is 193 Å². The summed E-state index contributed by atoms with van der Waals surface area (Å²) in [5.41, 5.74) is 1.13. The van der Waals surface area contributed by atoms with Gasteiger partial charge in [0.1, 0.15) is 5.60 Å². The van der Waals surface area contributed by atoms with E-state index in [1.807, 2.05) is 33.9 Å². The number of pyridine rings is 1. The van der Waals surface area contributed by atoms with Gasteiger partial charge in [-0.05, 0) is 46.5 Å². The van der Waals surface area contributed by atoms with Gasteiger partial charge in [-0.2, -0.15) is 5.10 Å². The van der Waals surface area contributed by atoms with Gasteiger partial charge >= 0.3 is 5.97 Å². The Morgan fingerprint density at radius 2 is 2.09 bits per heavy atom. The molecule has 8 nitrogen and oxygen atoms in total. The van der Waals surface area contributed by atoms with Crippen LogP contribution in [0.5, 0.6) is 0 Å². The number of hydrogen-bond donors (Lipinski definition) is 2. The number of aromatic nitrogens is 3. The largest absolute Gasteiger partial charge is 0.460 e. The first kappa shape index (κ1) is 23.2. The number of amides is 1. The number of rotatable bonds is 6. The van der Waals surface area contributed by atoms with Crippen LogP contribution in [0.1, 0.15) is 75.7 Å². The summed E-state index contributed by atoms with van der Waals surface area (Å²) in [6, 6.07) is -0.109. The summed E-state index contributed by atoms with van der Waals surface area (Å²) < 4.78 is 22.7. The highest BCUT2D eigenvalue weighted by atomic mass is 19.1. The molecule has 178 valence electrons. The van der Waals surface area contributed by atoms with Gasteiger partial charge in [-0.15, -0.1) is 0 Å². The van der Waals surface area contributed by atoms with Crippen LogP contribution in [-0.2, 0) is 22.6 Å². The quantitative estimate of drug-likeness (QED) is 0.635. The van der Waals surface area contributed by atoms with Crippen LogP contribution in [0.4, 0.5) is 10.2 Å². The number of ether oxygens (including phenoxy) is 1. The van der Waals surface area contributed by atoms with Crippen molar-refractivity contribution >= 4 is 17.7 Å². The number of aryl methyl sites for hydroxylation is 1. The highest BCUT2D eigenvalue weighted by Gasteiger charge is 2.34. The van der Waals surface area contributed by atoms with Crippen LogP contribution in [0.2, 0.25) is 0 Å². The molecule has 0 saturated heterocycles. The molecule has 2 aliphatic rings. The monoisotopic (exact) mass is 457 g/mol. The fourth-order valence-electron chi connectivity index (χ4n) is 4.66. The van der Waals surface area contributed by atoms with Gasteiger partial charge in [-0.25, -0.2) is 9.37 Å². The fourth-order valence-corrected chi connectivity index (χ4v) is 4.66. The second kappa shape index (κ2) is 9.11. The maximum absolute atomic E-state index is 15.5. The molecule has 2 aromatic rings. The van der Waals surface area contributed by atoms with Gasteiger partial charge in [0.2, 0.25) is 0 Å². The van der Waals surface area contributed by atoms with Gasteiger partial charge in [0.15, 0.2) is 11.6 Å². The number of hydrogen-bond acceptors (Lipinski definition) is 6. The Morgan fingerprint density at radius 3 is 2.79 bits per heavy atom. The molecule has 4 rings (SSSR count). The molecule has 0 spiro atoms. The zero-order valence-corrected chi connectivity index (χ0v) is 19.7. The third kappa shape index (κ3) is 5.02. The number of nitrogens with zero attached hydrogens (tertiary/aromatic N) is 3. The summed E-state index contributed by atoms with van der Waals surface area (Å²) in [5.74, 6) is -0.954. The van der Waals surface area contributed by atoms with E-state index in [9.17, 15) is 9.59 Å². The smallest absolute Gasteiger partial charge is 0.306 e. The summed E-state index contributed by atoms with van der Waals surface area (Å²) in [5, 5.41) is 10.3. The lowest BCUT2D eigenvalue weighted by Gasteiger charge is -2.33. The number of carbonyl (C=O) groups excluding carboxylic acids is 2. The molecule has 1 amide bonds. The van der Waals surface area contributed by atoms with Crippen molar-refractivity contribution in [1.29, 1.82) is 0 Å². The van der Waals surface area contributed by atoms with E-state index in [-0.39, 0.29) is 48.2 Å². The van der Waals surface area contributed by atoms with Crippen molar-refractivity contribution in [2.45, 2.75) is 84.5 Å². The molecule has 0 aromatic carbocycles. The van der Waals surface area contributed by atoms with Crippen molar-refractivity contribution in [1.82, 2.24) is 20.1 Å². The SMILES string of the molecule is CCn1cc(-c2nc(N[C@@H]3CCCC[C@@H]3CC(=O)OC(C)(C)C)c(F)c3c2C(=O)NC3)cn1. The molecule has 2 atom stereocenters. The van der Waals surface area contributed by atoms with E-state index in [0.29, 0.717) is 23.4 Å². The second-order valence-corrected chi connectivity index (χ2v) is 9.83. The minimum Gasteiger partial charge on any atom is -0.460 e. The Morgan fingerprint density at radius 1 is 1.33 bits per heavy atom. The molecule has 1 aliphatic heterocycles. The maximum Gasteiger partial charge on any atom is 0.306 e. The maximum atomic E-state index is 15.5. The van der Waals surface area contributed by atoms with Crippen LogP contribution in [-0.4, -0.2) is 38.3 Å². The molecule has 1 aliphatic carbocycles. The number of esters is 1. The Bertz CT molecular complexity index is 1060. The van der Waals surface area contributed by atoms with Crippen molar-refractivity contribution in [3.05, 3.63) is 29.3 Å². The molecular weight excluding hydrogens is 425 g/mol.